The van der Waals surface area contributed by atoms with Gasteiger partial charge in [0, 0.05) is 38.3 Å². The summed E-state index contributed by atoms with van der Waals surface area (Å²) in [5.74, 6) is 0.711. The van der Waals surface area contributed by atoms with Crippen LogP contribution in [0.25, 0.3) is 0 Å². The number of hydrogen-bond donors (Lipinski definition) is 2. The zero-order chi connectivity index (χ0) is 17.6. The van der Waals surface area contributed by atoms with Gasteiger partial charge in [-0.05, 0) is 39.7 Å². The van der Waals surface area contributed by atoms with Crippen molar-refractivity contribution in [2.24, 2.45) is 4.99 Å². The number of likely N-dealkylation sites (N-methyl/N-ethyl adjacent to an activating group) is 1. The fraction of sp³-hybridized carbons (Fsp3) is 0.938. The minimum Gasteiger partial charge on any atom is -0.357 e. The maximum atomic E-state index is 12.3. The summed E-state index contributed by atoms with van der Waals surface area (Å²) in [6, 6.07) is 1.21. The third kappa shape index (κ3) is 9.28. The van der Waals surface area contributed by atoms with Crippen molar-refractivity contribution in [1.82, 2.24) is 20.4 Å². The monoisotopic (exact) mass is 477 g/mol. The number of halogens is 4. The third-order valence-corrected chi connectivity index (χ3v) is 4.48. The summed E-state index contributed by atoms with van der Waals surface area (Å²) in [7, 11) is 1.47. The van der Waals surface area contributed by atoms with E-state index in [1.54, 1.807) is 0 Å². The molecule has 0 unspecified atom stereocenters. The van der Waals surface area contributed by atoms with E-state index < -0.39 is 12.7 Å². The van der Waals surface area contributed by atoms with Crippen molar-refractivity contribution in [2.75, 3.05) is 46.3 Å². The summed E-state index contributed by atoms with van der Waals surface area (Å²) >= 11 is 0. The summed E-state index contributed by atoms with van der Waals surface area (Å²) in [6.45, 7) is 4.71. The van der Waals surface area contributed by atoms with Crippen molar-refractivity contribution >= 4 is 29.9 Å². The van der Waals surface area contributed by atoms with Gasteiger partial charge in [-0.15, -0.1) is 24.0 Å². The van der Waals surface area contributed by atoms with Crippen LogP contribution in [0, 0.1) is 0 Å². The molecule has 1 heterocycles. The molecule has 5 nitrogen and oxygen atoms in total. The van der Waals surface area contributed by atoms with E-state index in [2.05, 4.69) is 20.5 Å². The van der Waals surface area contributed by atoms with Crippen molar-refractivity contribution < 1.29 is 13.2 Å². The Labute approximate surface area is 165 Å². The van der Waals surface area contributed by atoms with E-state index in [-0.39, 0.29) is 30.5 Å². The largest absolute Gasteiger partial charge is 0.401 e. The van der Waals surface area contributed by atoms with Gasteiger partial charge in [0.2, 0.25) is 0 Å². The molecule has 2 N–H and O–H groups in total. The fourth-order valence-electron chi connectivity index (χ4n) is 3.08. The lowest BCUT2D eigenvalue weighted by Gasteiger charge is -2.33. The zero-order valence-electron chi connectivity index (χ0n) is 15.1. The van der Waals surface area contributed by atoms with Crippen molar-refractivity contribution in [3.8, 4) is 0 Å². The number of alkyl halides is 3. The fourth-order valence-corrected chi connectivity index (χ4v) is 3.08. The number of nitrogens with zero attached hydrogens (tertiary/aromatic N) is 3. The van der Waals surface area contributed by atoms with Crippen LogP contribution in [-0.4, -0.2) is 80.3 Å². The maximum absolute atomic E-state index is 12.3. The highest BCUT2D eigenvalue weighted by atomic mass is 127. The summed E-state index contributed by atoms with van der Waals surface area (Å²) in [5, 5.41) is 6.61. The normalized spacial score (nSPS) is 20.5. The van der Waals surface area contributed by atoms with Crippen LogP contribution in [0.1, 0.15) is 32.6 Å². The van der Waals surface area contributed by atoms with Crippen LogP contribution in [0.5, 0.6) is 0 Å². The van der Waals surface area contributed by atoms with Crippen LogP contribution in [0.15, 0.2) is 4.99 Å². The van der Waals surface area contributed by atoms with Crippen LogP contribution in [0.2, 0.25) is 0 Å². The predicted octanol–water partition coefficient (Wildman–Crippen LogP) is 2.28. The van der Waals surface area contributed by atoms with E-state index in [1.807, 2.05) is 6.92 Å². The van der Waals surface area contributed by atoms with E-state index >= 15 is 0 Å². The van der Waals surface area contributed by atoms with Gasteiger partial charge in [-0.3, -0.25) is 9.89 Å². The molecule has 9 heteroatoms. The summed E-state index contributed by atoms with van der Waals surface area (Å²) in [6.07, 6.45) is 0.710. The molecule has 1 saturated carbocycles. The summed E-state index contributed by atoms with van der Waals surface area (Å²) in [5.41, 5.74) is 0. The molecule has 0 atom stereocenters. The second-order valence-corrected chi connectivity index (χ2v) is 6.80. The van der Waals surface area contributed by atoms with Gasteiger partial charge in [-0.25, -0.2) is 0 Å². The molecular weight excluding hydrogens is 446 g/mol. The van der Waals surface area contributed by atoms with Crippen molar-refractivity contribution in [1.29, 1.82) is 0 Å². The van der Waals surface area contributed by atoms with E-state index in [4.69, 9.17) is 0 Å². The molecule has 1 aliphatic carbocycles. The van der Waals surface area contributed by atoms with Crippen LogP contribution >= 0.6 is 24.0 Å². The molecular formula is C16H31F3IN5. The number of aliphatic imine (C=N–C) groups is 1. The average molecular weight is 477 g/mol. The third-order valence-electron chi connectivity index (χ3n) is 4.48. The first kappa shape index (κ1) is 22.8. The van der Waals surface area contributed by atoms with Gasteiger partial charge in [0.05, 0.1) is 13.1 Å². The molecule has 2 fully saturated rings. The molecule has 1 aliphatic heterocycles. The Kier molecular flexibility index (Phi) is 9.79. The first-order valence-electron chi connectivity index (χ1n) is 8.91. The molecule has 1 saturated heterocycles. The maximum Gasteiger partial charge on any atom is 0.401 e. The number of hydrogen-bond acceptors (Lipinski definition) is 3. The van der Waals surface area contributed by atoms with Crippen LogP contribution < -0.4 is 10.6 Å². The van der Waals surface area contributed by atoms with E-state index in [0.29, 0.717) is 18.5 Å². The van der Waals surface area contributed by atoms with Gasteiger partial charge in [0.15, 0.2) is 5.96 Å². The van der Waals surface area contributed by atoms with Gasteiger partial charge in [0.25, 0.3) is 0 Å². The van der Waals surface area contributed by atoms with Crippen molar-refractivity contribution in [3.05, 3.63) is 0 Å². The molecule has 2 aliphatic rings. The Morgan fingerprint density at radius 3 is 2.36 bits per heavy atom. The number of likely N-dealkylation sites (tertiary alicyclic amines) is 1. The molecule has 0 bridgehead atoms. The second kappa shape index (κ2) is 10.8. The van der Waals surface area contributed by atoms with Gasteiger partial charge in [-0.2, -0.15) is 13.2 Å². The Balaban J connectivity index is 0.00000312. The highest BCUT2D eigenvalue weighted by molar-refractivity contribution is 14.0. The Bertz CT molecular complexity index is 407. The highest BCUT2D eigenvalue weighted by Crippen LogP contribution is 2.29. The van der Waals surface area contributed by atoms with Crippen LogP contribution in [0.4, 0.5) is 13.2 Å². The summed E-state index contributed by atoms with van der Waals surface area (Å²) < 4.78 is 36.9. The molecule has 0 aromatic heterocycles. The number of nitrogens with one attached hydrogen (secondary N) is 2. The Morgan fingerprint density at radius 2 is 1.84 bits per heavy atom. The Morgan fingerprint density at radius 1 is 1.20 bits per heavy atom. The molecule has 0 aromatic carbocycles. The molecule has 0 amide bonds. The van der Waals surface area contributed by atoms with E-state index in [0.717, 1.165) is 38.5 Å². The molecule has 148 valence electrons. The number of rotatable bonds is 7. The second-order valence-electron chi connectivity index (χ2n) is 6.80. The molecule has 2 rings (SSSR count). The smallest absolute Gasteiger partial charge is 0.357 e. The minimum atomic E-state index is -4.16. The van der Waals surface area contributed by atoms with Gasteiger partial charge in [-0.1, -0.05) is 0 Å². The molecule has 25 heavy (non-hydrogen) atoms. The van der Waals surface area contributed by atoms with Crippen LogP contribution in [0.3, 0.4) is 0 Å². The quantitative estimate of drug-likeness (QED) is 0.336. The van der Waals surface area contributed by atoms with Crippen molar-refractivity contribution in [2.45, 2.75) is 50.9 Å². The van der Waals surface area contributed by atoms with Gasteiger partial charge in [0.1, 0.15) is 0 Å². The Hall–Kier alpha value is -0.290. The molecule has 0 radical (unpaired) electrons. The van der Waals surface area contributed by atoms with E-state index in [1.165, 1.54) is 24.8 Å². The molecule has 0 spiro atoms. The lowest BCUT2D eigenvalue weighted by atomic mass is 10.1. The average Bonchev–Trinajstić information content (AvgIpc) is 3.31. The van der Waals surface area contributed by atoms with Crippen molar-refractivity contribution in [3.63, 3.8) is 0 Å². The number of piperidine rings is 1. The topological polar surface area (TPSA) is 42.9 Å². The van der Waals surface area contributed by atoms with Gasteiger partial charge < -0.3 is 15.5 Å². The number of guanidine groups is 1. The standard InChI is InChI=1S/C16H30F3N5.HI/c1-3-20-15(21-8-11-23(2)12-16(17,18)19)22-13-6-9-24(10-7-13)14-4-5-14;/h13-14H,3-12H2,1-2H3,(H2,20,21,22);1H. The first-order chi connectivity index (χ1) is 11.4. The van der Waals surface area contributed by atoms with E-state index in [9.17, 15) is 13.2 Å². The molecule has 0 aromatic rings. The highest BCUT2D eigenvalue weighted by Gasteiger charge is 2.32. The SMILES string of the molecule is CCNC(=NCCN(C)CC(F)(F)F)NC1CCN(C2CC2)CC1.I. The van der Waals surface area contributed by atoms with Crippen LogP contribution in [-0.2, 0) is 0 Å². The predicted molar refractivity (Wildman–Crippen MR) is 106 cm³/mol. The first-order valence-corrected chi connectivity index (χ1v) is 8.91. The minimum absolute atomic E-state index is 0. The lowest BCUT2D eigenvalue weighted by molar-refractivity contribution is -0.142. The zero-order valence-corrected chi connectivity index (χ0v) is 17.4. The lowest BCUT2D eigenvalue weighted by Crippen LogP contribution is -2.49. The summed E-state index contributed by atoms with van der Waals surface area (Å²) in [4.78, 5) is 8.23. The van der Waals surface area contributed by atoms with Gasteiger partial charge >= 0.3 is 6.18 Å².